The molecule has 1 aromatic carbocycles. The fourth-order valence-corrected chi connectivity index (χ4v) is 12.2. The number of nitrogens with zero attached hydrogens (tertiary/aromatic N) is 5. The highest BCUT2D eigenvalue weighted by molar-refractivity contribution is 8.02. The lowest BCUT2D eigenvalue weighted by molar-refractivity contribution is -0.213. The molecule has 1 N–H and O–H groups in total. The molecule has 272 valence electrons. The van der Waals surface area contributed by atoms with Crippen molar-refractivity contribution in [2.24, 2.45) is 5.92 Å². The number of Topliss-reactive ketones (excluding diaryl/α,β-unsaturated/α-hetero) is 1. The summed E-state index contributed by atoms with van der Waals surface area (Å²) in [5.41, 5.74) is 2.31. The highest BCUT2D eigenvalue weighted by Crippen LogP contribution is 2.55. The molecular formula is C39H55ClN6O3S. The Morgan fingerprint density at radius 2 is 1.88 bits per heavy atom. The lowest BCUT2D eigenvalue weighted by atomic mass is 9.70. The van der Waals surface area contributed by atoms with Crippen molar-refractivity contribution >= 4 is 35.1 Å². The first-order valence-electron chi connectivity index (χ1n) is 19.2. The Morgan fingerprint density at radius 3 is 2.62 bits per heavy atom. The van der Waals surface area contributed by atoms with E-state index in [0.29, 0.717) is 44.7 Å². The van der Waals surface area contributed by atoms with Gasteiger partial charge in [0.05, 0.1) is 42.1 Å². The molecule has 0 bridgehead atoms. The van der Waals surface area contributed by atoms with E-state index in [2.05, 4.69) is 57.9 Å². The average molecular weight is 723 g/mol. The van der Waals surface area contributed by atoms with E-state index in [-0.39, 0.29) is 47.0 Å². The van der Waals surface area contributed by atoms with Gasteiger partial charge in [-0.15, -0.1) is 23.4 Å². The monoisotopic (exact) mass is 722 g/mol. The van der Waals surface area contributed by atoms with Gasteiger partial charge in [0.2, 0.25) is 5.91 Å². The minimum Gasteiger partial charge on any atom is -0.348 e. The van der Waals surface area contributed by atoms with E-state index in [1.165, 1.54) is 50.2 Å². The number of hydrogen-bond acceptors (Lipinski definition) is 9. The number of alkyl halides is 1. The third-order valence-corrected chi connectivity index (χ3v) is 14.7. The highest BCUT2D eigenvalue weighted by Gasteiger charge is 2.59. The number of piperazine rings is 1. The van der Waals surface area contributed by atoms with Gasteiger partial charge in [-0.3, -0.25) is 19.8 Å². The summed E-state index contributed by atoms with van der Waals surface area (Å²) in [5, 5.41) is 13.8. The van der Waals surface area contributed by atoms with Gasteiger partial charge in [0.15, 0.2) is 12.1 Å². The summed E-state index contributed by atoms with van der Waals surface area (Å²) in [6.45, 7) is 7.26. The van der Waals surface area contributed by atoms with Crippen molar-refractivity contribution < 1.29 is 14.3 Å². The molecule has 9 nitrogen and oxygen atoms in total. The molecule has 11 heteroatoms. The van der Waals surface area contributed by atoms with Gasteiger partial charge in [0.1, 0.15) is 4.71 Å². The number of thioether (sulfide) groups is 1. The molecule has 6 aliphatic rings. The van der Waals surface area contributed by atoms with Gasteiger partial charge in [-0.05, 0) is 75.7 Å². The molecule has 0 aromatic heterocycles. The number of halogens is 1. The number of likely N-dealkylation sites (N-methyl/N-ethyl adjacent to an activating group) is 1. The predicted molar refractivity (Wildman–Crippen MR) is 198 cm³/mol. The Hall–Kier alpha value is -1.97. The maximum absolute atomic E-state index is 15.2. The van der Waals surface area contributed by atoms with E-state index in [1.54, 1.807) is 11.8 Å². The average Bonchev–Trinajstić information content (AvgIpc) is 3.52. The SMILES string of the molecule is C=CC(=O)N1CCN(C2C3CC[C@@]4(Cc5ccccc5C(Cl)S4)C(=O)C3NC(OCC3CCCN3C)N2C2CCCCCCC2)CC1CC#N. The van der Waals surface area contributed by atoms with Gasteiger partial charge < -0.3 is 14.5 Å². The summed E-state index contributed by atoms with van der Waals surface area (Å²) in [7, 11) is 2.19. The Morgan fingerprint density at radius 1 is 1.10 bits per heavy atom. The number of benzene rings is 1. The van der Waals surface area contributed by atoms with Crippen molar-refractivity contribution in [1.29, 1.82) is 5.26 Å². The molecule has 0 radical (unpaired) electrons. The van der Waals surface area contributed by atoms with Gasteiger partial charge >= 0.3 is 0 Å². The number of carbonyl (C=O) groups is 2. The van der Waals surface area contributed by atoms with Crippen LogP contribution in [0.3, 0.4) is 0 Å². The van der Waals surface area contributed by atoms with Crippen molar-refractivity contribution in [3.63, 3.8) is 0 Å². The Balaban J connectivity index is 1.25. The number of ether oxygens (including phenoxy) is 1. The molecule has 50 heavy (non-hydrogen) atoms. The van der Waals surface area contributed by atoms with Crippen LogP contribution in [0.4, 0.5) is 0 Å². The van der Waals surface area contributed by atoms with Crippen molar-refractivity contribution in [1.82, 2.24) is 24.9 Å². The number of nitrogens with one attached hydrogen (secondary N) is 1. The zero-order valence-corrected chi connectivity index (χ0v) is 31.3. The number of likely N-dealkylation sites (tertiary alicyclic amines) is 1. The van der Waals surface area contributed by atoms with Gasteiger partial charge in [0.25, 0.3) is 0 Å². The Bertz CT molecular complexity index is 1430. The second-order valence-corrected chi connectivity index (χ2v) is 17.8. The number of nitriles is 1. The molecule has 1 aromatic rings. The van der Waals surface area contributed by atoms with Crippen LogP contribution in [0.5, 0.6) is 0 Å². The van der Waals surface area contributed by atoms with Crippen LogP contribution in [0.2, 0.25) is 0 Å². The molecule has 1 spiro atoms. The molecule has 8 atom stereocenters. The molecule has 3 saturated heterocycles. The number of fused-ring (bicyclic) bond motifs is 2. The van der Waals surface area contributed by atoms with Crippen molar-refractivity contribution in [3.05, 3.63) is 48.0 Å². The van der Waals surface area contributed by atoms with E-state index in [9.17, 15) is 10.1 Å². The topological polar surface area (TPSA) is 92.2 Å². The van der Waals surface area contributed by atoms with Crippen LogP contribution in [0.25, 0.3) is 0 Å². The molecular weight excluding hydrogens is 668 g/mol. The maximum atomic E-state index is 15.2. The zero-order valence-electron chi connectivity index (χ0n) is 29.7. The number of hydrogen-bond donors (Lipinski definition) is 1. The summed E-state index contributed by atoms with van der Waals surface area (Å²) in [6, 6.07) is 10.8. The molecule has 4 aliphatic heterocycles. The van der Waals surface area contributed by atoms with E-state index in [4.69, 9.17) is 16.3 Å². The second-order valence-electron chi connectivity index (χ2n) is 15.6. The number of rotatable bonds is 7. The lowest BCUT2D eigenvalue weighted by Crippen LogP contribution is -2.77. The lowest BCUT2D eigenvalue weighted by Gasteiger charge is -2.60. The summed E-state index contributed by atoms with van der Waals surface area (Å²) < 4.78 is 6.18. The number of ketones is 1. The zero-order chi connectivity index (χ0) is 34.8. The fourth-order valence-electron chi connectivity index (χ4n) is 10.0. The van der Waals surface area contributed by atoms with Crippen LogP contribution in [0.15, 0.2) is 36.9 Å². The second kappa shape index (κ2) is 16.0. The van der Waals surface area contributed by atoms with Crippen molar-refractivity contribution in [2.75, 3.05) is 39.8 Å². The van der Waals surface area contributed by atoms with Crippen molar-refractivity contribution in [2.45, 2.75) is 130 Å². The first-order valence-corrected chi connectivity index (χ1v) is 20.5. The Kier molecular flexibility index (Phi) is 11.6. The van der Waals surface area contributed by atoms with Gasteiger partial charge in [-0.25, -0.2) is 4.90 Å². The van der Waals surface area contributed by atoms with Crippen LogP contribution in [-0.4, -0.2) is 113 Å². The molecule has 4 heterocycles. The minimum atomic E-state index is -0.587. The fraction of sp³-hybridized carbons (Fsp3) is 0.718. The van der Waals surface area contributed by atoms with Crippen LogP contribution >= 0.6 is 23.4 Å². The normalized spacial score (nSPS) is 36.3. The van der Waals surface area contributed by atoms with Crippen LogP contribution in [0, 0.1) is 17.2 Å². The van der Waals surface area contributed by atoms with Gasteiger partial charge in [-0.2, -0.15) is 5.26 Å². The summed E-state index contributed by atoms with van der Waals surface area (Å²) in [4.78, 5) is 37.5. The molecule has 2 saturated carbocycles. The van der Waals surface area contributed by atoms with Gasteiger partial charge in [0, 0.05) is 37.6 Å². The molecule has 2 aliphatic carbocycles. The third kappa shape index (κ3) is 7.18. The smallest absolute Gasteiger partial charge is 0.246 e. The minimum absolute atomic E-state index is 0.0449. The molecule has 5 fully saturated rings. The van der Waals surface area contributed by atoms with E-state index in [0.717, 1.165) is 44.2 Å². The standard InChI is InChI=1S/C39H55ClN6O3S/c1-3-33(47)45-23-22-44(25-29(45)18-20-41)37-32-17-19-39(24-27-12-9-10-16-31(27)36(40)50-39)35(48)34(32)42-38(49-26-30-15-11-21-43(30)2)46(37)28-13-7-5-4-6-8-14-28/h3,9-10,12,16,28-30,32,34,36-38,42H,1,4-8,11,13-15,17-19,21-26H2,2H3/t29?,30?,32?,34?,36?,37?,38?,39-/m1/s1. The van der Waals surface area contributed by atoms with Crippen LogP contribution < -0.4 is 5.32 Å². The van der Waals surface area contributed by atoms with Crippen molar-refractivity contribution in [3.8, 4) is 6.07 Å². The van der Waals surface area contributed by atoms with E-state index < -0.39 is 11.1 Å². The van der Waals surface area contributed by atoms with Crippen LogP contribution in [-0.2, 0) is 20.7 Å². The number of amides is 1. The summed E-state index contributed by atoms with van der Waals surface area (Å²) in [5.74, 6) is 0.178. The third-order valence-electron chi connectivity index (χ3n) is 12.7. The molecule has 7 unspecified atom stereocenters. The predicted octanol–water partition coefficient (Wildman–Crippen LogP) is 5.65. The first-order chi connectivity index (χ1) is 24.3. The molecule has 1 amide bonds. The van der Waals surface area contributed by atoms with Crippen LogP contribution in [0.1, 0.15) is 92.9 Å². The van der Waals surface area contributed by atoms with E-state index >= 15 is 4.79 Å². The largest absolute Gasteiger partial charge is 0.348 e. The van der Waals surface area contributed by atoms with E-state index in [1.807, 2.05) is 11.0 Å². The maximum Gasteiger partial charge on any atom is 0.246 e. The Labute approximate surface area is 308 Å². The first kappa shape index (κ1) is 36.4. The summed E-state index contributed by atoms with van der Waals surface area (Å²) >= 11 is 8.70. The number of carbonyl (C=O) groups excluding carboxylic acids is 2. The van der Waals surface area contributed by atoms with Gasteiger partial charge in [-0.1, -0.05) is 62.9 Å². The summed E-state index contributed by atoms with van der Waals surface area (Å²) in [6.07, 6.45) is 14.2. The quantitative estimate of drug-likeness (QED) is 0.283. The highest BCUT2D eigenvalue weighted by atomic mass is 35.5. The molecule has 7 rings (SSSR count).